The van der Waals surface area contributed by atoms with E-state index >= 15 is 0 Å². The van der Waals surface area contributed by atoms with E-state index in [1.165, 1.54) is 0 Å². The highest BCUT2D eigenvalue weighted by molar-refractivity contribution is 5.58. The van der Waals surface area contributed by atoms with Crippen LogP contribution in [-0.2, 0) is 0 Å². The minimum atomic E-state index is 0.297. The lowest BCUT2D eigenvalue weighted by Crippen LogP contribution is -2.12. The highest BCUT2D eigenvalue weighted by Crippen LogP contribution is 2.18. The van der Waals surface area contributed by atoms with Crippen LogP contribution in [-0.4, -0.2) is 19.1 Å². The van der Waals surface area contributed by atoms with Crippen molar-refractivity contribution in [2.45, 2.75) is 6.92 Å². The molecule has 2 N–H and O–H groups in total. The van der Waals surface area contributed by atoms with E-state index in [9.17, 15) is 0 Å². The van der Waals surface area contributed by atoms with Crippen LogP contribution >= 0.6 is 0 Å². The molecule has 0 bridgehead atoms. The molecule has 0 atom stereocenters. The van der Waals surface area contributed by atoms with Crippen LogP contribution in [0.2, 0.25) is 0 Å². The quantitative estimate of drug-likeness (QED) is 0.690. The summed E-state index contributed by atoms with van der Waals surface area (Å²) in [4.78, 5) is 5.94. The first kappa shape index (κ1) is 9.33. The minimum absolute atomic E-state index is 0.297. The Hall–Kier alpha value is -1.76. The molecule has 0 saturated carbocycles. The van der Waals surface area contributed by atoms with Crippen LogP contribution < -0.4 is 10.6 Å². The summed E-state index contributed by atoms with van der Waals surface area (Å²) in [6, 6.07) is 3.87. The molecular weight excluding hydrogens is 164 g/mol. The van der Waals surface area contributed by atoms with Gasteiger partial charge in [0.1, 0.15) is 17.7 Å². The number of aryl methyl sites for hydroxylation is 1. The Labute approximate surface area is 77.6 Å². The van der Waals surface area contributed by atoms with E-state index in [0.29, 0.717) is 11.4 Å². The highest BCUT2D eigenvalue weighted by atomic mass is 15.1. The summed E-state index contributed by atoms with van der Waals surface area (Å²) in [6.07, 6.45) is 0. The molecule has 0 unspecified atom stereocenters. The number of nitrogen functional groups attached to an aromatic ring is 1. The zero-order chi connectivity index (χ0) is 10.0. The SMILES string of the molecule is Cc1cc(N(C)C)nc(N)c1C#N. The Balaban J connectivity index is 3.30. The second-order valence-corrected chi connectivity index (χ2v) is 3.06. The third-order valence-corrected chi connectivity index (χ3v) is 1.80. The van der Waals surface area contributed by atoms with Gasteiger partial charge in [0.25, 0.3) is 0 Å². The zero-order valence-corrected chi connectivity index (χ0v) is 8.00. The predicted octanol–water partition coefficient (Wildman–Crippen LogP) is 0.910. The van der Waals surface area contributed by atoms with Crippen molar-refractivity contribution in [3.05, 3.63) is 17.2 Å². The summed E-state index contributed by atoms with van der Waals surface area (Å²) in [5.41, 5.74) is 6.93. The first-order valence-electron chi connectivity index (χ1n) is 3.90. The highest BCUT2D eigenvalue weighted by Gasteiger charge is 2.07. The monoisotopic (exact) mass is 176 g/mol. The smallest absolute Gasteiger partial charge is 0.144 e. The van der Waals surface area contributed by atoms with Gasteiger partial charge in [-0.3, -0.25) is 0 Å². The second-order valence-electron chi connectivity index (χ2n) is 3.06. The van der Waals surface area contributed by atoms with Gasteiger partial charge >= 0.3 is 0 Å². The van der Waals surface area contributed by atoms with Gasteiger partial charge in [0.15, 0.2) is 0 Å². The summed E-state index contributed by atoms with van der Waals surface area (Å²) in [7, 11) is 3.76. The van der Waals surface area contributed by atoms with Crippen molar-refractivity contribution in [3.8, 4) is 6.07 Å². The molecule has 0 aliphatic carbocycles. The number of hydrogen-bond acceptors (Lipinski definition) is 4. The Kier molecular flexibility index (Phi) is 2.38. The molecule has 0 saturated heterocycles. The molecule has 0 amide bonds. The topological polar surface area (TPSA) is 65.9 Å². The standard InChI is InChI=1S/C9H12N4/c1-6-4-8(13(2)3)12-9(11)7(6)5-10/h4H,1-3H3,(H2,11,12). The fourth-order valence-corrected chi connectivity index (χ4v) is 1.05. The maximum absolute atomic E-state index is 8.75. The lowest BCUT2D eigenvalue weighted by Gasteiger charge is -2.13. The summed E-state index contributed by atoms with van der Waals surface area (Å²) in [5, 5.41) is 8.75. The van der Waals surface area contributed by atoms with Gasteiger partial charge in [0.2, 0.25) is 0 Å². The van der Waals surface area contributed by atoms with Crippen molar-refractivity contribution >= 4 is 11.6 Å². The summed E-state index contributed by atoms with van der Waals surface area (Å²) >= 11 is 0. The third kappa shape index (κ3) is 1.70. The lowest BCUT2D eigenvalue weighted by atomic mass is 10.1. The van der Waals surface area contributed by atoms with Crippen molar-refractivity contribution in [3.63, 3.8) is 0 Å². The molecule has 1 aromatic heterocycles. The Morgan fingerprint density at radius 2 is 2.15 bits per heavy atom. The van der Waals surface area contributed by atoms with Crippen LogP contribution in [0.25, 0.3) is 0 Å². The number of hydrogen-bond donors (Lipinski definition) is 1. The average Bonchev–Trinajstić information content (AvgIpc) is 2.03. The zero-order valence-electron chi connectivity index (χ0n) is 8.00. The fourth-order valence-electron chi connectivity index (χ4n) is 1.05. The lowest BCUT2D eigenvalue weighted by molar-refractivity contribution is 1.06. The predicted molar refractivity (Wildman–Crippen MR) is 52.4 cm³/mol. The van der Waals surface area contributed by atoms with Crippen molar-refractivity contribution < 1.29 is 0 Å². The summed E-state index contributed by atoms with van der Waals surface area (Å²) < 4.78 is 0. The molecule has 68 valence electrons. The molecule has 1 rings (SSSR count). The number of rotatable bonds is 1. The maximum Gasteiger partial charge on any atom is 0.144 e. The summed E-state index contributed by atoms with van der Waals surface area (Å²) in [5.74, 6) is 1.07. The Bertz CT molecular complexity index is 339. The number of nitrogens with two attached hydrogens (primary N) is 1. The van der Waals surface area contributed by atoms with Gasteiger partial charge in [-0.25, -0.2) is 4.98 Å². The van der Waals surface area contributed by atoms with Gasteiger partial charge in [0.05, 0.1) is 5.56 Å². The third-order valence-electron chi connectivity index (χ3n) is 1.80. The van der Waals surface area contributed by atoms with E-state index in [1.807, 2.05) is 38.1 Å². The molecule has 4 heteroatoms. The molecular formula is C9H12N4. The molecule has 1 aromatic rings. The first-order chi connectivity index (χ1) is 6.06. The molecule has 0 radical (unpaired) electrons. The molecule has 0 aliphatic rings. The molecule has 4 nitrogen and oxygen atoms in total. The number of nitrogens with zero attached hydrogens (tertiary/aromatic N) is 3. The van der Waals surface area contributed by atoms with Gasteiger partial charge in [-0.05, 0) is 18.6 Å². The minimum Gasteiger partial charge on any atom is -0.383 e. The molecule has 0 aromatic carbocycles. The number of aromatic nitrogens is 1. The number of anilines is 2. The number of pyridine rings is 1. The Morgan fingerprint density at radius 1 is 1.54 bits per heavy atom. The van der Waals surface area contributed by atoms with Crippen molar-refractivity contribution in [2.75, 3.05) is 24.7 Å². The summed E-state index contributed by atoms with van der Waals surface area (Å²) in [6.45, 7) is 1.85. The van der Waals surface area contributed by atoms with Gasteiger partial charge < -0.3 is 10.6 Å². The number of nitriles is 1. The molecule has 1 heterocycles. The van der Waals surface area contributed by atoms with Crippen LogP contribution in [0, 0.1) is 18.3 Å². The maximum atomic E-state index is 8.75. The fraction of sp³-hybridized carbons (Fsp3) is 0.333. The van der Waals surface area contributed by atoms with Crippen molar-refractivity contribution in [1.82, 2.24) is 4.98 Å². The molecule has 13 heavy (non-hydrogen) atoms. The van der Waals surface area contributed by atoms with Gasteiger partial charge in [-0.1, -0.05) is 0 Å². The van der Waals surface area contributed by atoms with E-state index in [-0.39, 0.29) is 0 Å². The van der Waals surface area contributed by atoms with E-state index in [2.05, 4.69) is 4.98 Å². The van der Waals surface area contributed by atoms with Gasteiger partial charge in [0, 0.05) is 14.1 Å². The Morgan fingerprint density at radius 3 is 2.54 bits per heavy atom. The van der Waals surface area contributed by atoms with Crippen LogP contribution in [0.1, 0.15) is 11.1 Å². The van der Waals surface area contributed by atoms with Crippen LogP contribution in [0.5, 0.6) is 0 Å². The van der Waals surface area contributed by atoms with E-state index < -0.39 is 0 Å². The van der Waals surface area contributed by atoms with Crippen molar-refractivity contribution in [2.24, 2.45) is 0 Å². The van der Waals surface area contributed by atoms with E-state index in [4.69, 9.17) is 11.0 Å². The molecule has 0 fully saturated rings. The van der Waals surface area contributed by atoms with E-state index in [0.717, 1.165) is 11.4 Å². The van der Waals surface area contributed by atoms with Crippen molar-refractivity contribution in [1.29, 1.82) is 5.26 Å². The second kappa shape index (κ2) is 3.31. The van der Waals surface area contributed by atoms with Gasteiger partial charge in [-0.2, -0.15) is 5.26 Å². The van der Waals surface area contributed by atoms with E-state index in [1.54, 1.807) is 0 Å². The van der Waals surface area contributed by atoms with Crippen LogP contribution in [0.3, 0.4) is 0 Å². The van der Waals surface area contributed by atoms with Crippen LogP contribution in [0.15, 0.2) is 6.07 Å². The van der Waals surface area contributed by atoms with Gasteiger partial charge in [-0.15, -0.1) is 0 Å². The average molecular weight is 176 g/mol. The van der Waals surface area contributed by atoms with Crippen LogP contribution in [0.4, 0.5) is 11.6 Å². The normalized spacial score (nSPS) is 9.38. The largest absolute Gasteiger partial charge is 0.383 e. The molecule has 0 spiro atoms. The molecule has 0 aliphatic heterocycles. The first-order valence-corrected chi connectivity index (χ1v) is 3.90.